The van der Waals surface area contributed by atoms with Crippen molar-refractivity contribution in [2.75, 3.05) is 5.32 Å². The fraction of sp³-hybridized carbons (Fsp3) is 0.444. The molecule has 0 saturated heterocycles. The number of anilines is 1. The second-order valence-corrected chi connectivity index (χ2v) is 7.64. The highest BCUT2D eigenvalue weighted by molar-refractivity contribution is 5.89. The van der Waals surface area contributed by atoms with Crippen LogP contribution in [-0.4, -0.2) is 16.7 Å². The quantitative estimate of drug-likeness (QED) is 0.861. The van der Waals surface area contributed by atoms with Gasteiger partial charge in [-0.05, 0) is 25.7 Å². The van der Waals surface area contributed by atoms with Crippen LogP contribution < -0.4 is 10.6 Å². The highest BCUT2D eigenvalue weighted by Gasteiger charge is 2.27. The SMILES string of the molecule is CC(C)(C)CC(C)(C)NC(=O)Nc1cc(-c2ccccc2)on1. The smallest absolute Gasteiger partial charge is 0.320 e. The van der Waals surface area contributed by atoms with Crippen LogP contribution in [0.25, 0.3) is 11.3 Å². The van der Waals surface area contributed by atoms with E-state index in [9.17, 15) is 4.79 Å². The molecule has 124 valence electrons. The zero-order valence-electron chi connectivity index (χ0n) is 14.4. The van der Waals surface area contributed by atoms with Crippen LogP contribution in [0.5, 0.6) is 0 Å². The Labute approximate surface area is 137 Å². The molecule has 0 spiro atoms. The Morgan fingerprint density at radius 3 is 2.39 bits per heavy atom. The van der Waals surface area contributed by atoms with Crippen LogP contribution in [0.4, 0.5) is 10.6 Å². The van der Waals surface area contributed by atoms with Crippen molar-refractivity contribution in [3.8, 4) is 11.3 Å². The van der Waals surface area contributed by atoms with Crippen LogP contribution in [0.3, 0.4) is 0 Å². The van der Waals surface area contributed by atoms with Gasteiger partial charge >= 0.3 is 6.03 Å². The van der Waals surface area contributed by atoms with Crippen molar-refractivity contribution in [1.82, 2.24) is 10.5 Å². The average molecular weight is 315 g/mol. The van der Waals surface area contributed by atoms with Gasteiger partial charge in [-0.15, -0.1) is 0 Å². The first-order chi connectivity index (χ1) is 10.6. The predicted molar refractivity (Wildman–Crippen MR) is 92.2 cm³/mol. The Hall–Kier alpha value is -2.30. The summed E-state index contributed by atoms with van der Waals surface area (Å²) in [5.41, 5.74) is 0.737. The van der Waals surface area contributed by atoms with Crippen LogP contribution in [0.1, 0.15) is 41.0 Å². The number of rotatable bonds is 4. The fourth-order valence-electron chi connectivity index (χ4n) is 2.90. The van der Waals surface area contributed by atoms with Crippen molar-refractivity contribution in [3.63, 3.8) is 0 Å². The molecule has 5 nitrogen and oxygen atoms in total. The van der Waals surface area contributed by atoms with Gasteiger partial charge in [0.25, 0.3) is 0 Å². The summed E-state index contributed by atoms with van der Waals surface area (Å²) in [6.07, 6.45) is 0.863. The summed E-state index contributed by atoms with van der Waals surface area (Å²) < 4.78 is 5.27. The third kappa shape index (κ3) is 5.43. The van der Waals surface area contributed by atoms with Gasteiger partial charge in [0, 0.05) is 17.2 Å². The summed E-state index contributed by atoms with van der Waals surface area (Å²) in [5, 5.41) is 9.59. The van der Waals surface area contributed by atoms with E-state index in [1.807, 2.05) is 44.2 Å². The summed E-state index contributed by atoms with van der Waals surface area (Å²) in [6.45, 7) is 10.5. The molecule has 23 heavy (non-hydrogen) atoms. The number of amides is 2. The lowest BCUT2D eigenvalue weighted by Gasteiger charge is -2.33. The Morgan fingerprint density at radius 2 is 1.78 bits per heavy atom. The third-order valence-corrected chi connectivity index (χ3v) is 3.23. The summed E-state index contributed by atoms with van der Waals surface area (Å²) >= 11 is 0. The molecule has 0 radical (unpaired) electrons. The van der Waals surface area contributed by atoms with Crippen molar-refractivity contribution in [2.24, 2.45) is 5.41 Å². The Morgan fingerprint density at radius 1 is 1.13 bits per heavy atom. The van der Waals surface area contributed by atoms with Crippen molar-refractivity contribution in [3.05, 3.63) is 36.4 Å². The van der Waals surface area contributed by atoms with E-state index in [2.05, 4.69) is 36.6 Å². The Bertz CT molecular complexity index is 654. The third-order valence-electron chi connectivity index (χ3n) is 3.23. The van der Waals surface area contributed by atoms with Gasteiger partial charge in [-0.3, -0.25) is 5.32 Å². The number of aromatic nitrogens is 1. The molecule has 0 saturated carbocycles. The molecule has 0 aliphatic heterocycles. The minimum atomic E-state index is -0.311. The van der Waals surface area contributed by atoms with Gasteiger partial charge in [0.15, 0.2) is 11.6 Å². The van der Waals surface area contributed by atoms with E-state index in [1.165, 1.54) is 0 Å². The minimum Gasteiger partial charge on any atom is -0.354 e. The minimum absolute atomic E-state index is 0.130. The van der Waals surface area contributed by atoms with Crippen molar-refractivity contribution in [2.45, 2.75) is 46.6 Å². The number of hydrogen-bond acceptors (Lipinski definition) is 3. The molecule has 0 atom stereocenters. The second-order valence-electron chi connectivity index (χ2n) is 7.64. The summed E-state index contributed by atoms with van der Waals surface area (Å²) in [4.78, 5) is 12.2. The lowest BCUT2D eigenvalue weighted by molar-refractivity contribution is 0.220. The van der Waals surface area contributed by atoms with Gasteiger partial charge in [0.2, 0.25) is 0 Å². The molecule has 2 N–H and O–H groups in total. The molecule has 1 aromatic carbocycles. The summed E-state index contributed by atoms with van der Waals surface area (Å²) in [5.74, 6) is 1.02. The van der Waals surface area contributed by atoms with E-state index < -0.39 is 0 Å². The van der Waals surface area contributed by atoms with Gasteiger partial charge in [-0.25, -0.2) is 4.79 Å². The van der Waals surface area contributed by atoms with Gasteiger partial charge in [0.1, 0.15) is 0 Å². The number of benzene rings is 1. The van der Waals surface area contributed by atoms with Crippen LogP contribution in [0.15, 0.2) is 40.9 Å². The van der Waals surface area contributed by atoms with Gasteiger partial charge in [-0.2, -0.15) is 0 Å². The van der Waals surface area contributed by atoms with Crippen molar-refractivity contribution in [1.29, 1.82) is 0 Å². The second kappa shape index (κ2) is 6.44. The normalized spacial score (nSPS) is 12.0. The van der Waals surface area contributed by atoms with Gasteiger partial charge < -0.3 is 9.84 Å². The van der Waals surface area contributed by atoms with Crippen LogP contribution in [-0.2, 0) is 0 Å². The molecule has 0 unspecified atom stereocenters. The fourth-order valence-corrected chi connectivity index (χ4v) is 2.90. The Kier molecular flexibility index (Phi) is 4.78. The molecule has 2 amide bonds. The molecule has 0 fully saturated rings. The first-order valence-corrected chi connectivity index (χ1v) is 7.76. The largest absolute Gasteiger partial charge is 0.354 e. The number of urea groups is 1. The number of carbonyl (C=O) groups is 1. The predicted octanol–water partition coefficient (Wildman–Crippen LogP) is 4.68. The van der Waals surface area contributed by atoms with Gasteiger partial charge in [0.05, 0.1) is 0 Å². The van der Waals surface area contributed by atoms with E-state index in [-0.39, 0.29) is 17.0 Å². The molecule has 0 aliphatic carbocycles. The molecule has 1 aromatic heterocycles. The van der Waals surface area contributed by atoms with E-state index >= 15 is 0 Å². The molecule has 5 heteroatoms. The number of carbonyl (C=O) groups excluding carboxylic acids is 1. The lowest BCUT2D eigenvalue weighted by Crippen LogP contribution is -2.47. The molecular formula is C18H25N3O2. The number of nitrogens with one attached hydrogen (secondary N) is 2. The summed E-state index contributed by atoms with van der Waals surface area (Å²) in [6, 6.07) is 11.1. The Balaban J connectivity index is 1.97. The molecule has 0 aliphatic rings. The first-order valence-electron chi connectivity index (χ1n) is 7.76. The maximum atomic E-state index is 12.2. The van der Waals surface area contributed by atoms with Crippen LogP contribution in [0.2, 0.25) is 0 Å². The van der Waals surface area contributed by atoms with Crippen molar-refractivity contribution < 1.29 is 9.32 Å². The highest BCUT2D eigenvalue weighted by Crippen LogP contribution is 2.27. The van der Waals surface area contributed by atoms with Crippen molar-refractivity contribution >= 4 is 11.8 Å². The number of nitrogens with zero attached hydrogens (tertiary/aromatic N) is 1. The molecular weight excluding hydrogens is 290 g/mol. The lowest BCUT2D eigenvalue weighted by atomic mass is 9.82. The molecule has 1 heterocycles. The van der Waals surface area contributed by atoms with Crippen LogP contribution >= 0.6 is 0 Å². The van der Waals surface area contributed by atoms with E-state index in [4.69, 9.17) is 4.52 Å². The first kappa shape index (κ1) is 17.1. The molecule has 2 rings (SSSR count). The van der Waals surface area contributed by atoms with E-state index in [0.717, 1.165) is 12.0 Å². The summed E-state index contributed by atoms with van der Waals surface area (Å²) in [7, 11) is 0. The monoisotopic (exact) mass is 315 g/mol. The maximum Gasteiger partial charge on any atom is 0.320 e. The zero-order valence-corrected chi connectivity index (χ0v) is 14.4. The highest BCUT2D eigenvalue weighted by atomic mass is 16.5. The van der Waals surface area contributed by atoms with E-state index in [1.54, 1.807) is 6.07 Å². The standard InChI is InChI=1S/C18H25N3O2/c1-17(2,3)12-18(4,5)20-16(22)19-15-11-14(23-21-15)13-9-7-6-8-10-13/h6-11H,12H2,1-5H3,(H2,19,20,21,22). The zero-order chi connectivity index (χ0) is 17.1. The average Bonchev–Trinajstić information content (AvgIpc) is 2.84. The molecule has 2 aromatic rings. The van der Waals surface area contributed by atoms with Gasteiger partial charge in [-0.1, -0.05) is 56.3 Å². The van der Waals surface area contributed by atoms with Crippen LogP contribution in [0, 0.1) is 5.41 Å². The maximum absolute atomic E-state index is 12.2. The van der Waals surface area contributed by atoms with E-state index in [0.29, 0.717) is 11.6 Å². The number of hydrogen-bond donors (Lipinski definition) is 2. The molecule has 0 bridgehead atoms. The topological polar surface area (TPSA) is 67.2 Å².